The first-order chi connectivity index (χ1) is 7.20. The van der Waals surface area contributed by atoms with Gasteiger partial charge in [-0.25, -0.2) is 0 Å². The van der Waals surface area contributed by atoms with Gasteiger partial charge in [-0.15, -0.1) is 6.58 Å². The Morgan fingerprint density at radius 2 is 2.00 bits per heavy atom. The van der Waals surface area contributed by atoms with Gasteiger partial charge in [0.2, 0.25) is 0 Å². The molecule has 2 heteroatoms. The fourth-order valence-corrected chi connectivity index (χ4v) is 1.52. The molecule has 90 valence electrons. The standard InChI is InChI=1S/C13H27NO/c1-5-8-14-13(11-12(3)4)7-10-15-9-6-2/h13-14H,3,5-11H2,1-2,4H3. The lowest BCUT2D eigenvalue weighted by Gasteiger charge is -2.18. The summed E-state index contributed by atoms with van der Waals surface area (Å²) >= 11 is 0. The minimum absolute atomic E-state index is 0.541. The molecular formula is C13H27NO. The molecule has 0 aliphatic heterocycles. The Labute approximate surface area is 95.1 Å². The maximum atomic E-state index is 5.51. The highest BCUT2D eigenvalue weighted by atomic mass is 16.5. The van der Waals surface area contributed by atoms with Crippen LogP contribution in [0.5, 0.6) is 0 Å². The molecule has 1 atom stereocenters. The summed E-state index contributed by atoms with van der Waals surface area (Å²) in [5, 5.41) is 3.54. The van der Waals surface area contributed by atoms with E-state index in [9.17, 15) is 0 Å². The van der Waals surface area contributed by atoms with E-state index in [1.807, 2.05) is 0 Å². The van der Waals surface area contributed by atoms with Crippen molar-refractivity contribution in [2.45, 2.75) is 52.5 Å². The van der Waals surface area contributed by atoms with Crippen molar-refractivity contribution in [1.29, 1.82) is 0 Å². The first-order valence-electron chi connectivity index (χ1n) is 6.16. The molecule has 0 fully saturated rings. The molecule has 0 rings (SSSR count). The predicted molar refractivity (Wildman–Crippen MR) is 67.2 cm³/mol. The summed E-state index contributed by atoms with van der Waals surface area (Å²) in [6.45, 7) is 13.2. The zero-order chi connectivity index (χ0) is 11.5. The van der Waals surface area contributed by atoms with E-state index in [-0.39, 0.29) is 0 Å². The third-order valence-corrected chi connectivity index (χ3v) is 2.24. The quantitative estimate of drug-likeness (QED) is 0.444. The third-order valence-electron chi connectivity index (χ3n) is 2.24. The van der Waals surface area contributed by atoms with Gasteiger partial charge >= 0.3 is 0 Å². The second-order valence-corrected chi connectivity index (χ2v) is 4.21. The molecule has 0 saturated heterocycles. The van der Waals surface area contributed by atoms with Gasteiger partial charge in [0, 0.05) is 19.3 Å². The van der Waals surface area contributed by atoms with Gasteiger partial charge in [-0.1, -0.05) is 19.4 Å². The van der Waals surface area contributed by atoms with Crippen LogP contribution in [0.2, 0.25) is 0 Å². The van der Waals surface area contributed by atoms with E-state index in [0.717, 1.165) is 39.0 Å². The minimum Gasteiger partial charge on any atom is -0.381 e. The smallest absolute Gasteiger partial charge is 0.0480 e. The molecule has 0 aromatic heterocycles. The van der Waals surface area contributed by atoms with Gasteiger partial charge in [0.05, 0.1) is 0 Å². The summed E-state index contributed by atoms with van der Waals surface area (Å²) in [4.78, 5) is 0. The highest BCUT2D eigenvalue weighted by Gasteiger charge is 2.07. The van der Waals surface area contributed by atoms with Crippen LogP contribution in [0.25, 0.3) is 0 Å². The number of hydrogen-bond acceptors (Lipinski definition) is 2. The maximum Gasteiger partial charge on any atom is 0.0480 e. The zero-order valence-electron chi connectivity index (χ0n) is 10.6. The van der Waals surface area contributed by atoms with E-state index in [1.54, 1.807) is 0 Å². The third kappa shape index (κ3) is 9.95. The Morgan fingerprint density at radius 1 is 1.27 bits per heavy atom. The van der Waals surface area contributed by atoms with Crippen LogP contribution in [0.1, 0.15) is 46.5 Å². The predicted octanol–water partition coefficient (Wildman–Crippen LogP) is 3.14. The Kier molecular flexibility index (Phi) is 9.96. The van der Waals surface area contributed by atoms with E-state index >= 15 is 0 Å². The normalized spacial score (nSPS) is 12.7. The van der Waals surface area contributed by atoms with Crippen molar-refractivity contribution in [3.05, 3.63) is 12.2 Å². The summed E-state index contributed by atoms with van der Waals surface area (Å²) in [5.74, 6) is 0. The van der Waals surface area contributed by atoms with Gasteiger partial charge in [-0.3, -0.25) is 0 Å². The van der Waals surface area contributed by atoms with Gasteiger partial charge in [-0.05, 0) is 39.2 Å². The van der Waals surface area contributed by atoms with E-state index in [1.165, 1.54) is 12.0 Å². The number of nitrogens with one attached hydrogen (secondary N) is 1. The molecule has 0 bridgehead atoms. The second-order valence-electron chi connectivity index (χ2n) is 4.21. The lowest BCUT2D eigenvalue weighted by Crippen LogP contribution is -2.31. The molecule has 0 aliphatic carbocycles. The van der Waals surface area contributed by atoms with Gasteiger partial charge in [0.25, 0.3) is 0 Å². The van der Waals surface area contributed by atoms with Gasteiger partial charge in [0.15, 0.2) is 0 Å². The maximum absolute atomic E-state index is 5.51. The number of rotatable bonds is 10. The lowest BCUT2D eigenvalue weighted by molar-refractivity contribution is 0.124. The molecule has 0 radical (unpaired) electrons. The van der Waals surface area contributed by atoms with Gasteiger partial charge < -0.3 is 10.1 Å². The number of ether oxygens (including phenoxy) is 1. The summed E-state index contributed by atoms with van der Waals surface area (Å²) in [5.41, 5.74) is 1.25. The largest absolute Gasteiger partial charge is 0.381 e. The summed E-state index contributed by atoms with van der Waals surface area (Å²) in [7, 11) is 0. The molecule has 0 aliphatic rings. The fraction of sp³-hybridized carbons (Fsp3) is 0.846. The molecular weight excluding hydrogens is 186 g/mol. The lowest BCUT2D eigenvalue weighted by atomic mass is 10.1. The molecule has 1 N–H and O–H groups in total. The van der Waals surface area contributed by atoms with Crippen LogP contribution in [-0.4, -0.2) is 25.8 Å². The second kappa shape index (κ2) is 10.2. The first-order valence-corrected chi connectivity index (χ1v) is 6.16. The van der Waals surface area contributed by atoms with Crippen LogP contribution in [0, 0.1) is 0 Å². The van der Waals surface area contributed by atoms with Crippen molar-refractivity contribution < 1.29 is 4.74 Å². The Bertz CT molecular complexity index is 157. The summed E-state index contributed by atoms with van der Waals surface area (Å²) in [6, 6.07) is 0.541. The van der Waals surface area contributed by atoms with Crippen LogP contribution in [-0.2, 0) is 4.74 Å². The molecule has 0 heterocycles. The van der Waals surface area contributed by atoms with Crippen molar-refractivity contribution >= 4 is 0 Å². The Morgan fingerprint density at radius 3 is 2.53 bits per heavy atom. The van der Waals surface area contributed by atoms with E-state index in [4.69, 9.17) is 4.74 Å². The van der Waals surface area contributed by atoms with E-state index in [2.05, 4.69) is 32.7 Å². The van der Waals surface area contributed by atoms with Gasteiger partial charge in [-0.2, -0.15) is 0 Å². The molecule has 1 unspecified atom stereocenters. The molecule has 0 saturated carbocycles. The van der Waals surface area contributed by atoms with Crippen LogP contribution in [0.15, 0.2) is 12.2 Å². The highest BCUT2D eigenvalue weighted by molar-refractivity contribution is 4.92. The molecule has 0 spiro atoms. The summed E-state index contributed by atoms with van der Waals surface area (Å²) < 4.78 is 5.51. The molecule has 15 heavy (non-hydrogen) atoms. The average Bonchev–Trinajstić information content (AvgIpc) is 2.19. The topological polar surface area (TPSA) is 21.3 Å². The van der Waals surface area contributed by atoms with Crippen molar-refractivity contribution in [3.63, 3.8) is 0 Å². The fourth-order valence-electron chi connectivity index (χ4n) is 1.52. The first kappa shape index (κ1) is 14.7. The summed E-state index contributed by atoms with van der Waals surface area (Å²) in [6.07, 6.45) is 4.44. The SMILES string of the molecule is C=C(C)CC(CCOCCC)NCCC. The van der Waals surface area contributed by atoms with Crippen LogP contribution in [0.3, 0.4) is 0 Å². The molecule has 0 aromatic carbocycles. The molecule has 2 nitrogen and oxygen atoms in total. The van der Waals surface area contributed by atoms with Crippen LogP contribution < -0.4 is 5.32 Å². The molecule has 0 aromatic rings. The zero-order valence-corrected chi connectivity index (χ0v) is 10.6. The van der Waals surface area contributed by atoms with Crippen molar-refractivity contribution in [2.75, 3.05) is 19.8 Å². The monoisotopic (exact) mass is 213 g/mol. The minimum atomic E-state index is 0.541. The average molecular weight is 213 g/mol. The van der Waals surface area contributed by atoms with Crippen molar-refractivity contribution in [3.8, 4) is 0 Å². The van der Waals surface area contributed by atoms with Crippen molar-refractivity contribution in [1.82, 2.24) is 5.32 Å². The van der Waals surface area contributed by atoms with E-state index < -0.39 is 0 Å². The Hall–Kier alpha value is -0.340. The number of hydrogen-bond donors (Lipinski definition) is 1. The molecule has 0 amide bonds. The highest BCUT2D eigenvalue weighted by Crippen LogP contribution is 2.06. The van der Waals surface area contributed by atoms with E-state index in [0.29, 0.717) is 6.04 Å². The van der Waals surface area contributed by atoms with Gasteiger partial charge in [0.1, 0.15) is 0 Å². The Balaban J connectivity index is 3.64. The van der Waals surface area contributed by atoms with Crippen LogP contribution >= 0.6 is 0 Å². The van der Waals surface area contributed by atoms with Crippen molar-refractivity contribution in [2.24, 2.45) is 0 Å². The van der Waals surface area contributed by atoms with Crippen LogP contribution in [0.4, 0.5) is 0 Å².